The summed E-state index contributed by atoms with van der Waals surface area (Å²) >= 11 is 1.17. The number of thioether (sulfide) groups is 1. The number of nitrogens with one attached hydrogen (secondary N) is 1. The molecule has 1 heterocycles. The number of halogens is 1. The van der Waals surface area contributed by atoms with Crippen LogP contribution in [0.4, 0.5) is 15.8 Å². The van der Waals surface area contributed by atoms with E-state index in [0.29, 0.717) is 28.0 Å². The summed E-state index contributed by atoms with van der Waals surface area (Å²) < 4.78 is 21.0. The number of aryl methyl sites for hydroxylation is 1. The maximum atomic E-state index is 13.2. The van der Waals surface area contributed by atoms with Crippen molar-refractivity contribution in [1.29, 1.82) is 0 Å². The summed E-state index contributed by atoms with van der Waals surface area (Å²) in [7, 11) is 0. The predicted molar refractivity (Wildman–Crippen MR) is 134 cm³/mol. The molecule has 0 aliphatic heterocycles. The first-order valence-electron chi connectivity index (χ1n) is 10.9. The van der Waals surface area contributed by atoms with Crippen molar-refractivity contribution >= 4 is 29.0 Å². The normalized spacial score (nSPS) is 11.6. The van der Waals surface area contributed by atoms with E-state index in [1.165, 1.54) is 42.1 Å². The molecule has 0 bridgehead atoms. The number of nitro groups is 1. The van der Waals surface area contributed by atoms with Crippen LogP contribution in [0.5, 0.6) is 5.75 Å². The van der Waals surface area contributed by atoms with E-state index in [1.54, 1.807) is 30.5 Å². The SMILES string of the molecule is Cc1ccc(NC(=O)CSc2nnc(C(C)Oc3ccc(F)cc3)n2-c2ccccc2)cc1[N+](=O)[O-]. The summed E-state index contributed by atoms with van der Waals surface area (Å²) in [5.74, 6) is 0.271. The van der Waals surface area contributed by atoms with E-state index in [2.05, 4.69) is 15.5 Å². The molecule has 0 radical (unpaired) electrons. The molecule has 1 N–H and O–H groups in total. The topological polar surface area (TPSA) is 112 Å². The van der Waals surface area contributed by atoms with E-state index in [1.807, 2.05) is 30.3 Å². The maximum absolute atomic E-state index is 13.2. The summed E-state index contributed by atoms with van der Waals surface area (Å²) in [5.41, 5.74) is 1.56. The Labute approximate surface area is 210 Å². The Bertz CT molecular complexity index is 1380. The van der Waals surface area contributed by atoms with Crippen LogP contribution in [0, 0.1) is 22.9 Å². The molecule has 184 valence electrons. The Morgan fingerprint density at radius 2 is 1.86 bits per heavy atom. The fourth-order valence-electron chi connectivity index (χ4n) is 3.44. The van der Waals surface area contributed by atoms with Crippen molar-refractivity contribution in [3.05, 3.63) is 100 Å². The first-order valence-corrected chi connectivity index (χ1v) is 11.9. The smallest absolute Gasteiger partial charge is 0.274 e. The lowest BCUT2D eigenvalue weighted by Crippen LogP contribution is -2.15. The molecule has 0 fully saturated rings. The van der Waals surface area contributed by atoms with Gasteiger partial charge in [-0.2, -0.15) is 0 Å². The Kier molecular flexibility index (Phi) is 7.59. The third-order valence-electron chi connectivity index (χ3n) is 5.18. The number of nitro benzene ring substituents is 1. The lowest BCUT2D eigenvalue weighted by Gasteiger charge is -2.16. The molecule has 9 nitrogen and oxygen atoms in total. The fraction of sp³-hybridized carbons (Fsp3) is 0.160. The highest BCUT2D eigenvalue weighted by Gasteiger charge is 2.22. The highest BCUT2D eigenvalue weighted by molar-refractivity contribution is 7.99. The minimum atomic E-state index is -0.528. The van der Waals surface area contributed by atoms with Gasteiger partial charge in [0, 0.05) is 23.0 Å². The summed E-state index contributed by atoms with van der Waals surface area (Å²) in [6.07, 6.45) is -0.528. The maximum Gasteiger partial charge on any atom is 0.274 e. The van der Waals surface area contributed by atoms with Gasteiger partial charge < -0.3 is 10.1 Å². The van der Waals surface area contributed by atoms with Gasteiger partial charge in [-0.15, -0.1) is 10.2 Å². The lowest BCUT2D eigenvalue weighted by molar-refractivity contribution is -0.385. The van der Waals surface area contributed by atoms with E-state index in [4.69, 9.17) is 4.74 Å². The molecule has 11 heteroatoms. The molecule has 0 aliphatic rings. The van der Waals surface area contributed by atoms with Crippen molar-refractivity contribution in [2.24, 2.45) is 0 Å². The number of ether oxygens (including phenoxy) is 1. The zero-order valence-electron chi connectivity index (χ0n) is 19.4. The summed E-state index contributed by atoms with van der Waals surface area (Å²) in [6.45, 7) is 3.44. The minimum Gasteiger partial charge on any atom is -0.483 e. The molecule has 1 amide bonds. The van der Waals surface area contributed by atoms with Crippen molar-refractivity contribution in [2.45, 2.75) is 25.1 Å². The fourth-order valence-corrected chi connectivity index (χ4v) is 4.20. The number of amides is 1. The molecule has 0 aliphatic carbocycles. The largest absolute Gasteiger partial charge is 0.483 e. The Morgan fingerprint density at radius 1 is 1.14 bits per heavy atom. The van der Waals surface area contributed by atoms with Gasteiger partial charge in [-0.05, 0) is 56.3 Å². The van der Waals surface area contributed by atoms with E-state index in [9.17, 15) is 19.3 Å². The average molecular weight is 508 g/mol. The van der Waals surface area contributed by atoms with Gasteiger partial charge >= 0.3 is 0 Å². The average Bonchev–Trinajstić information content (AvgIpc) is 3.30. The monoisotopic (exact) mass is 507 g/mol. The van der Waals surface area contributed by atoms with Crippen molar-refractivity contribution in [1.82, 2.24) is 14.8 Å². The van der Waals surface area contributed by atoms with E-state index in [-0.39, 0.29) is 23.2 Å². The predicted octanol–water partition coefficient (Wildman–Crippen LogP) is 5.49. The van der Waals surface area contributed by atoms with E-state index >= 15 is 0 Å². The molecule has 1 atom stereocenters. The number of hydrogen-bond acceptors (Lipinski definition) is 7. The zero-order chi connectivity index (χ0) is 25.7. The third kappa shape index (κ3) is 5.87. The van der Waals surface area contributed by atoms with E-state index < -0.39 is 11.0 Å². The standard InChI is InChI=1S/C25H22FN5O4S/c1-16-8-11-19(14-22(16)31(33)34)27-23(32)15-36-25-29-28-24(30(25)20-6-4-3-5-7-20)17(2)35-21-12-9-18(26)10-13-21/h3-14,17H,15H2,1-2H3,(H,27,32). The van der Waals surface area contributed by atoms with Crippen molar-refractivity contribution in [3.8, 4) is 11.4 Å². The zero-order valence-corrected chi connectivity index (χ0v) is 20.2. The van der Waals surface area contributed by atoms with Gasteiger partial charge in [-0.25, -0.2) is 4.39 Å². The summed E-state index contributed by atoms with van der Waals surface area (Å²) in [5, 5.41) is 22.9. The molecule has 1 aromatic heterocycles. The van der Waals surface area contributed by atoms with Crippen LogP contribution in [0.15, 0.2) is 78.0 Å². The van der Waals surface area contributed by atoms with Crippen LogP contribution >= 0.6 is 11.8 Å². The number of rotatable bonds is 9. The molecule has 3 aromatic carbocycles. The van der Waals surface area contributed by atoms with Crippen molar-refractivity contribution in [3.63, 3.8) is 0 Å². The number of aromatic nitrogens is 3. The number of anilines is 1. The van der Waals surface area contributed by atoms with Gasteiger partial charge in [0.05, 0.1) is 10.7 Å². The first kappa shape index (κ1) is 24.9. The second-order valence-electron chi connectivity index (χ2n) is 7.82. The van der Waals surface area contributed by atoms with Gasteiger partial charge in [-0.1, -0.05) is 36.0 Å². The van der Waals surface area contributed by atoms with Crippen LogP contribution in [-0.2, 0) is 4.79 Å². The second-order valence-corrected chi connectivity index (χ2v) is 8.76. The molecule has 0 spiro atoms. The Morgan fingerprint density at radius 3 is 2.56 bits per heavy atom. The quantitative estimate of drug-likeness (QED) is 0.181. The molecule has 4 aromatic rings. The number of nitrogens with zero attached hydrogens (tertiary/aromatic N) is 4. The molecule has 36 heavy (non-hydrogen) atoms. The Balaban J connectivity index is 1.52. The van der Waals surface area contributed by atoms with Gasteiger partial charge in [-0.3, -0.25) is 19.5 Å². The van der Waals surface area contributed by atoms with Crippen LogP contribution in [0.2, 0.25) is 0 Å². The highest BCUT2D eigenvalue weighted by atomic mass is 32.2. The van der Waals surface area contributed by atoms with Crippen molar-refractivity contribution < 1.29 is 18.8 Å². The number of carbonyl (C=O) groups is 1. The number of para-hydroxylation sites is 1. The van der Waals surface area contributed by atoms with Crippen LogP contribution in [0.1, 0.15) is 24.4 Å². The van der Waals surface area contributed by atoms with E-state index in [0.717, 1.165) is 5.69 Å². The minimum absolute atomic E-state index is 0.000158. The van der Waals surface area contributed by atoms with Crippen LogP contribution < -0.4 is 10.1 Å². The molecule has 0 saturated carbocycles. The molecule has 0 saturated heterocycles. The highest BCUT2D eigenvalue weighted by Crippen LogP contribution is 2.28. The number of carbonyl (C=O) groups excluding carboxylic acids is 1. The van der Waals surface area contributed by atoms with Crippen LogP contribution in [0.25, 0.3) is 5.69 Å². The van der Waals surface area contributed by atoms with Crippen molar-refractivity contribution in [2.75, 3.05) is 11.1 Å². The first-order chi connectivity index (χ1) is 17.3. The van der Waals surface area contributed by atoms with Gasteiger partial charge in [0.2, 0.25) is 5.91 Å². The Hall–Kier alpha value is -4.25. The molecule has 4 rings (SSSR count). The van der Waals surface area contributed by atoms with Gasteiger partial charge in [0.25, 0.3) is 5.69 Å². The number of hydrogen-bond donors (Lipinski definition) is 1. The molecular formula is C25H22FN5O4S. The van der Waals surface area contributed by atoms with Crippen LogP contribution in [-0.4, -0.2) is 31.3 Å². The van der Waals surface area contributed by atoms with Gasteiger partial charge in [0.15, 0.2) is 17.1 Å². The third-order valence-corrected chi connectivity index (χ3v) is 6.11. The van der Waals surface area contributed by atoms with Crippen LogP contribution in [0.3, 0.4) is 0 Å². The molecule has 1 unspecified atom stereocenters. The van der Waals surface area contributed by atoms with Gasteiger partial charge in [0.1, 0.15) is 11.6 Å². The summed E-state index contributed by atoms with van der Waals surface area (Å²) in [4.78, 5) is 23.3. The summed E-state index contributed by atoms with van der Waals surface area (Å²) in [6, 6.07) is 19.6. The molecular weight excluding hydrogens is 485 g/mol. The lowest BCUT2D eigenvalue weighted by atomic mass is 10.2. The number of benzene rings is 3. The second kappa shape index (κ2) is 11.0.